The number of esters is 1. The number of carbonyl (C=O) groups excluding carboxylic acids is 3. The van der Waals surface area contributed by atoms with Crippen LogP contribution in [0.1, 0.15) is 42.1 Å². The average molecular weight is 555 g/mol. The quantitative estimate of drug-likeness (QED) is 0.297. The molecule has 2 N–H and O–H groups in total. The van der Waals surface area contributed by atoms with E-state index in [0.29, 0.717) is 25.8 Å². The predicted octanol–water partition coefficient (Wildman–Crippen LogP) is 4.62. The van der Waals surface area contributed by atoms with E-state index in [0.717, 1.165) is 16.7 Å². The topological polar surface area (TPSA) is 95.9 Å². The zero-order chi connectivity index (χ0) is 28.9. The molecule has 0 aromatic heterocycles. The van der Waals surface area contributed by atoms with Crippen LogP contribution >= 0.6 is 0 Å². The molecule has 0 saturated heterocycles. The van der Waals surface area contributed by atoms with Crippen molar-refractivity contribution in [3.8, 4) is 0 Å². The third-order valence-corrected chi connectivity index (χ3v) is 7.29. The van der Waals surface area contributed by atoms with Crippen LogP contribution in [-0.4, -0.2) is 47.5 Å². The number of aliphatic hydroxyl groups is 1. The average Bonchev–Trinajstić information content (AvgIpc) is 3.00. The van der Waals surface area contributed by atoms with Crippen LogP contribution in [0, 0.1) is 11.8 Å². The molecular formula is C34H38N2O5. The molecule has 41 heavy (non-hydrogen) atoms. The van der Waals surface area contributed by atoms with Crippen LogP contribution in [0.25, 0.3) is 0 Å². The molecule has 3 aromatic rings. The normalized spacial score (nSPS) is 19.8. The van der Waals surface area contributed by atoms with Gasteiger partial charge in [-0.25, -0.2) is 0 Å². The lowest BCUT2D eigenvalue weighted by molar-refractivity contribution is -0.155. The Balaban J connectivity index is 1.53. The number of benzene rings is 3. The molecule has 0 aliphatic carbocycles. The minimum Gasteiger partial charge on any atom is -0.455 e. The second kappa shape index (κ2) is 15.5. The van der Waals surface area contributed by atoms with E-state index in [1.165, 1.54) is 0 Å². The van der Waals surface area contributed by atoms with E-state index in [2.05, 4.69) is 5.32 Å². The number of nitrogens with zero attached hydrogens (tertiary/aromatic N) is 1. The maximum Gasteiger partial charge on any atom is 0.310 e. The van der Waals surface area contributed by atoms with E-state index >= 15 is 0 Å². The van der Waals surface area contributed by atoms with Crippen molar-refractivity contribution in [2.75, 3.05) is 19.7 Å². The number of carbonyl (C=O) groups is 3. The lowest BCUT2D eigenvalue weighted by Crippen LogP contribution is -2.40. The maximum atomic E-state index is 13.4. The summed E-state index contributed by atoms with van der Waals surface area (Å²) in [6, 6.07) is 28.8. The van der Waals surface area contributed by atoms with Crippen molar-refractivity contribution in [1.29, 1.82) is 0 Å². The van der Waals surface area contributed by atoms with Gasteiger partial charge in [-0.05, 0) is 36.0 Å². The molecule has 0 saturated carbocycles. The standard InChI is InChI=1S/C34H38N2O5/c37-21-20-36(25-27-14-6-2-7-15-27)32(38)23-29-18-10-11-19-30(22-26-12-4-1-5-13-26)34(40)41-31(24-35-33(29)39)28-16-8-3-9-17-28/h1-17,29-31,37H,18-25H2,(H,35,39)/t29-,30+,31-/m1/s1. The number of hydrogen-bond acceptors (Lipinski definition) is 5. The Kier molecular flexibility index (Phi) is 11.3. The van der Waals surface area contributed by atoms with Crippen LogP contribution in [0.2, 0.25) is 0 Å². The monoisotopic (exact) mass is 554 g/mol. The van der Waals surface area contributed by atoms with Crippen LogP contribution < -0.4 is 5.32 Å². The Morgan fingerprint density at radius 1 is 0.829 bits per heavy atom. The number of amides is 2. The number of allylic oxidation sites excluding steroid dienone is 2. The van der Waals surface area contributed by atoms with Gasteiger partial charge in [-0.2, -0.15) is 0 Å². The van der Waals surface area contributed by atoms with Gasteiger partial charge >= 0.3 is 5.97 Å². The van der Waals surface area contributed by atoms with Crippen molar-refractivity contribution in [3.63, 3.8) is 0 Å². The molecular weight excluding hydrogens is 516 g/mol. The summed E-state index contributed by atoms with van der Waals surface area (Å²) >= 11 is 0. The van der Waals surface area contributed by atoms with Gasteiger partial charge in [0.1, 0.15) is 6.10 Å². The van der Waals surface area contributed by atoms with E-state index < -0.39 is 12.0 Å². The summed E-state index contributed by atoms with van der Waals surface area (Å²) in [6.45, 7) is 0.483. The molecule has 1 aliphatic rings. The SMILES string of the molecule is O=C1NC[C@H](c2ccccc2)OC(=O)[C@H](Cc2ccccc2)CC=CC[C@@H]1CC(=O)N(CCO)Cc1ccccc1. The van der Waals surface area contributed by atoms with Crippen LogP contribution in [0.4, 0.5) is 0 Å². The highest BCUT2D eigenvalue weighted by Crippen LogP contribution is 2.24. The van der Waals surface area contributed by atoms with Crippen molar-refractivity contribution in [2.24, 2.45) is 11.8 Å². The lowest BCUT2D eigenvalue weighted by Gasteiger charge is -2.26. The molecule has 7 heteroatoms. The fourth-order valence-corrected chi connectivity index (χ4v) is 4.99. The molecule has 3 atom stereocenters. The predicted molar refractivity (Wildman–Crippen MR) is 157 cm³/mol. The highest BCUT2D eigenvalue weighted by molar-refractivity contribution is 5.86. The largest absolute Gasteiger partial charge is 0.455 e. The van der Waals surface area contributed by atoms with E-state index in [1.54, 1.807) is 4.90 Å². The molecule has 1 aliphatic heterocycles. The van der Waals surface area contributed by atoms with Gasteiger partial charge in [0.25, 0.3) is 0 Å². The smallest absolute Gasteiger partial charge is 0.310 e. The summed E-state index contributed by atoms with van der Waals surface area (Å²) in [5, 5.41) is 12.5. The van der Waals surface area contributed by atoms with Gasteiger partial charge in [0.05, 0.1) is 25.0 Å². The summed E-state index contributed by atoms with van der Waals surface area (Å²) in [5.41, 5.74) is 2.79. The first kappa shape index (κ1) is 29.7. The fourth-order valence-electron chi connectivity index (χ4n) is 4.99. The van der Waals surface area contributed by atoms with Gasteiger partial charge in [0, 0.05) is 19.5 Å². The summed E-state index contributed by atoms with van der Waals surface area (Å²) < 4.78 is 6.00. The summed E-state index contributed by atoms with van der Waals surface area (Å²) in [6.07, 6.45) is 4.50. The Bertz CT molecular complexity index is 1280. The van der Waals surface area contributed by atoms with Crippen molar-refractivity contribution in [1.82, 2.24) is 10.2 Å². The molecule has 0 fully saturated rings. The molecule has 214 valence electrons. The fraction of sp³-hybridized carbons (Fsp3) is 0.324. The zero-order valence-electron chi connectivity index (χ0n) is 23.2. The van der Waals surface area contributed by atoms with Gasteiger partial charge in [0.2, 0.25) is 11.8 Å². The molecule has 4 rings (SSSR count). The van der Waals surface area contributed by atoms with Crippen molar-refractivity contribution in [2.45, 2.75) is 38.3 Å². The van der Waals surface area contributed by atoms with Gasteiger partial charge in [-0.1, -0.05) is 103 Å². The van der Waals surface area contributed by atoms with Gasteiger partial charge < -0.3 is 20.1 Å². The Morgan fingerprint density at radius 2 is 1.41 bits per heavy atom. The summed E-state index contributed by atoms with van der Waals surface area (Å²) in [7, 11) is 0. The first-order chi connectivity index (χ1) is 20.0. The van der Waals surface area contributed by atoms with Crippen LogP contribution in [-0.2, 0) is 32.1 Å². The van der Waals surface area contributed by atoms with Crippen molar-refractivity contribution < 1.29 is 24.2 Å². The first-order valence-electron chi connectivity index (χ1n) is 14.2. The maximum absolute atomic E-state index is 13.4. The molecule has 1 heterocycles. The van der Waals surface area contributed by atoms with Crippen molar-refractivity contribution in [3.05, 3.63) is 120 Å². The van der Waals surface area contributed by atoms with E-state index in [9.17, 15) is 19.5 Å². The minimum absolute atomic E-state index is 0.00619. The second-order valence-electron chi connectivity index (χ2n) is 10.3. The summed E-state index contributed by atoms with van der Waals surface area (Å²) in [4.78, 5) is 41.7. The molecule has 0 spiro atoms. The number of cyclic esters (lactones) is 1. The molecule has 2 amide bonds. The second-order valence-corrected chi connectivity index (χ2v) is 10.3. The van der Waals surface area contributed by atoms with Gasteiger partial charge in [0.15, 0.2) is 0 Å². The summed E-state index contributed by atoms with van der Waals surface area (Å²) in [5.74, 6) is -1.77. The van der Waals surface area contributed by atoms with E-state index in [-0.39, 0.29) is 49.8 Å². The van der Waals surface area contributed by atoms with E-state index in [4.69, 9.17) is 4.74 Å². The molecule has 7 nitrogen and oxygen atoms in total. The minimum atomic E-state index is -0.658. The number of aliphatic hydroxyl groups excluding tert-OH is 1. The van der Waals surface area contributed by atoms with Gasteiger partial charge in [-0.15, -0.1) is 0 Å². The molecule has 0 unspecified atom stereocenters. The number of nitrogens with one attached hydrogen (secondary N) is 1. The van der Waals surface area contributed by atoms with Gasteiger partial charge in [-0.3, -0.25) is 14.4 Å². The third kappa shape index (κ3) is 9.15. The molecule has 3 aromatic carbocycles. The Labute approximate surface area is 241 Å². The van der Waals surface area contributed by atoms with Crippen LogP contribution in [0.5, 0.6) is 0 Å². The highest BCUT2D eigenvalue weighted by Gasteiger charge is 2.28. The molecule has 0 radical (unpaired) electrons. The highest BCUT2D eigenvalue weighted by atomic mass is 16.5. The zero-order valence-corrected chi connectivity index (χ0v) is 23.2. The first-order valence-corrected chi connectivity index (χ1v) is 14.2. The number of rotatable bonds is 9. The third-order valence-electron chi connectivity index (χ3n) is 7.29. The molecule has 0 bridgehead atoms. The van der Waals surface area contributed by atoms with Crippen LogP contribution in [0.15, 0.2) is 103 Å². The number of ether oxygens (including phenoxy) is 1. The van der Waals surface area contributed by atoms with Crippen LogP contribution in [0.3, 0.4) is 0 Å². The Morgan fingerprint density at radius 3 is 2.05 bits per heavy atom. The van der Waals surface area contributed by atoms with Crippen molar-refractivity contribution >= 4 is 17.8 Å². The van der Waals surface area contributed by atoms with E-state index in [1.807, 2.05) is 103 Å². The Hall–Kier alpha value is -4.23. The lowest BCUT2D eigenvalue weighted by atomic mass is 9.94. The number of hydrogen-bond donors (Lipinski definition) is 2.